The highest BCUT2D eigenvalue weighted by molar-refractivity contribution is 5.98. The number of esters is 1. The predicted molar refractivity (Wildman–Crippen MR) is 210 cm³/mol. The van der Waals surface area contributed by atoms with Crippen molar-refractivity contribution in [1.82, 2.24) is 25.8 Å². The summed E-state index contributed by atoms with van der Waals surface area (Å²) in [7, 11) is 1.31. The average Bonchev–Trinajstić information content (AvgIpc) is 3.71. The van der Waals surface area contributed by atoms with E-state index in [-0.39, 0.29) is 35.4 Å². The second kappa shape index (κ2) is 18.3. The number of halogens is 4. The van der Waals surface area contributed by atoms with Gasteiger partial charge in [-0.25, -0.2) is 19.4 Å². The number of H-pyrrole nitrogens is 1. The molecule has 320 valence electrons. The van der Waals surface area contributed by atoms with Gasteiger partial charge in [-0.2, -0.15) is 22.7 Å². The van der Waals surface area contributed by atoms with E-state index in [2.05, 4.69) is 26.0 Å². The van der Waals surface area contributed by atoms with Crippen LogP contribution in [-0.2, 0) is 36.2 Å². The molecule has 1 aromatic heterocycles. The van der Waals surface area contributed by atoms with Gasteiger partial charge < -0.3 is 30.5 Å². The predicted octanol–water partition coefficient (Wildman–Crippen LogP) is 7.04. The maximum atomic E-state index is 14.3. The van der Waals surface area contributed by atoms with Crippen LogP contribution in [0.15, 0.2) is 66.7 Å². The van der Waals surface area contributed by atoms with Gasteiger partial charge in [0.15, 0.2) is 5.82 Å². The molecule has 0 bridgehead atoms. The lowest BCUT2D eigenvalue weighted by molar-refractivity contribution is -0.231. The summed E-state index contributed by atoms with van der Waals surface area (Å²) in [5.74, 6) is -17.3. The molecule has 1 aliphatic carbocycles. The first-order valence-electron chi connectivity index (χ1n) is 19.1. The Kier molecular flexibility index (Phi) is 13.7. The maximum Gasteiger partial charge on any atom is 0.411 e. The molecule has 0 unspecified atom stereocenters. The standard InChI is InChI=1S/C42H46F4N6O8/c1-23-20-29(36(55)59-5)16-19-31(23)26-10-6-24(7-11-26)21-32(49-34(53)28-12-8-25(9-13-28)22-47-39(58)60-40(2,3)4)35(54)48-30-17-14-27(15-18-30)33-50-37(52-51-33)41(43,44)42(45,46)38(56)57/h6-7,10-11,14-20,25,28,32H,8-9,12-13,21-22H2,1-5H3,(H,47,58)(H,48,54)(H,49,53)(H,56,57)(H,50,51,52)/t25?,28?,32-/m0/s1. The van der Waals surface area contributed by atoms with Gasteiger partial charge in [0.05, 0.1) is 12.7 Å². The van der Waals surface area contributed by atoms with E-state index in [4.69, 9.17) is 14.6 Å². The minimum atomic E-state index is -5.45. The summed E-state index contributed by atoms with van der Waals surface area (Å²) >= 11 is 0. The summed E-state index contributed by atoms with van der Waals surface area (Å²) in [5, 5.41) is 22.2. The number of carboxylic acid groups (broad SMARTS) is 1. The van der Waals surface area contributed by atoms with E-state index in [1.165, 1.54) is 31.4 Å². The molecule has 60 heavy (non-hydrogen) atoms. The maximum absolute atomic E-state index is 14.3. The van der Waals surface area contributed by atoms with Crippen molar-refractivity contribution < 1.29 is 56.1 Å². The Bertz CT molecular complexity index is 2200. The Morgan fingerprint density at radius 2 is 1.53 bits per heavy atom. The zero-order valence-electron chi connectivity index (χ0n) is 33.5. The van der Waals surface area contributed by atoms with Gasteiger partial charge >= 0.3 is 29.9 Å². The Hall–Kier alpha value is -6.33. The quantitative estimate of drug-likeness (QED) is 0.0648. The summed E-state index contributed by atoms with van der Waals surface area (Å²) < 4.78 is 66.1. The van der Waals surface area contributed by atoms with Gasteiger partial charge in [-0.15, -0.1) is 0 Å². The van der Waals surface area contributed by atoms with Gasteiger partial charge in [0.25, 0.3) is 0 Å². The van der Waals surface area contributed by atoms with E-state index >= 15 is 0 Å². The molecule has 5 N–H and O–H groups in total. The third-order valence-electron chi connectivity index (χ3n) is 9.99. The molecule has 0 aliphatic heterocycles. The van der Waals surface area contributed by atoms with Crippen LogP contribution in [0.4, 0.5) is 28.0 Å². The van der Waals surface area contributed by atoms with Gasteiger partial charge in [-0.05, 0) is 118 Å². The van der Waals surface area contributed by atoms with Crippen molar-refractivity contribution in [3.63, 3.8) is 0 Å². The van der Waals surface area contributed by atoms with Gasteiger partial charge in [-0.3, -0.25) is 14.7 Å². The monoisotopic (exact) mass is 838 g/mol. The van der Waals surface area contributed by atoms with Crippen LogP contribution in [0, 0.1) is 18.8 Å². The fraction of sp³-hybridized carbons (Fsp3) is 0.405. The number of carbonyl (C=O) groups excluding carboxylic acids is 4. The van der Waals surface area contributed by atoms with Crippen molar-refractivity contribution in [3.05, 3.63) is 89.2 Å². The minimum Gasteiger partial charge on any atom is -0.477 e. The van der Waals surface area contributed by atoms with Gasteiger partial charge in [-0.1, -0.05) is 30.3 Å². The topological polar surface area (TPSA) is 202 Å². The Balaban J connectivity index is 1.29. The molecule has 0 saturated heterocycles. The molecule has 14 nitrogen and oxygen atoms in total. The molecular weight excluding hydrogens is 792 g/mol. The Morgan fingerprint density at radius 1 is 0.900 bits per heavy atom. The number of aromatic amines is 1. The summed E-state index contributed by atoms with van der Waals surface area (Å²) in [6.45, 7) is 7.60. The molecule has 1 fully saturated rings. The SMILES string of the molecule is COC(=O)c1ccc(-c2ccc(C[C@H](NC(=O)C3CCC(CNC(=O)OC(C)(C)C)CC3)C(=O)Nc3ccc(-c4n[nH]c(C(F)(F)C(F)(F)C(=O)O)n4)cc3)cc2)c(C)c1. The molecule has 3 aromatic carbocycles. The number of alkyl carbamates (subject to hydrolysis) is 1. The van der Waals surface area contributed by atoms with Crippen molar-refractivity contribution in [1.29, 1.82) is 0 Å². The number of carboxylic acids is 1. The number of anilines is 1. The number of rotatable bonds is 14. The highest BCUT2D eigenvalue weighted by atomic mass is 19.3. The molecule has 1 aliphatic rings. The molecule has 0 spiro atoms. The Morgan fingerprint density at radius 3 is 2.12 bits per heavy atom. The normalized spacial score (nSPS) is 16.3. The molecule has 18 heteroatoms. The lowest BCUT2D eigenvalue weighted by atomic mass is 9.81. The molecule has 3 amide bonds. The molecule has 1 heterocycles. The second-order valence-electron chi connectivity index (χ2n) is 15.6. The summed E-state index contributed by atoms with van der Waals surface area (Å²) in [6, 6.07) is 17.0. The molecule has 4 aromatic rings. The first-order valence-corrected chi connectivity index (χ1v) is 19.1. The summed E-state index contributed by atoms with van der Waals surface area (Å²) in [6.07, 6.45) is 2.00. The first kappa shape index (κ1) is 44.8. The van der Waals surface area contributed by atoms with Crippen molar-refractivity contribution in [3.8, 4) is 22.5 Å². The number of methoxy groups -OCH3 is 1. The summed E-state index contributed by atoms with van der Waals surface area (Å²) in [4.78, 5) is 65.8. The van der Waals surface area contributed by atoms with Crippen LogP contribution in [0.5, 0.6) is 0 Å². The smallest absolute Gasteiger partial charge is 0.411 e. The third-order valence-corrected chi connectivity index (χ3v) is 9.99. The van der Waals surface area contributed by atoms with E-state index in [0.29, 0.717) is 37.8 Å². The van der Waals surface area contributed by atoms with Crippen molar-refractivity contribution in [2.24, 2.45) is 11.8 Å². The number of hydrogen-bond donors (Lipinski definition) is 5. The third kappa shape index (κ3) is 10.8. The molecule has 1 saturated carbocycles. The molecule has 1 atom stereocenters. The van der Waals surface area contributed by atoms with E-state index in [1.54, 1.807) is 38.0 Å². The number of nitrogens with zero attached hydrogens (tertiary/aromatic N) is 2. The number of carbonyl (C=O) groups is 5. The van der Waals surface area contributed by atoms with Gasteiger partial charge in [0, 0.05) is 30.1 Å². The number of nitrogens with one attached hydrogen (secondary N) is 4. The van der Waals surface area contributed by atoms with Gasteiger partial charge in [0.1, 0.15) is 11.6 Å². The first-order chi connectivity index (χ1) is 28.2. The lowest BCUT2D eigenvalue weighted by Crippen LogP contribution is -2.48. The van der Waals surface area contributed by atoms with Crippen LogP contribution in [0.1, 0.15) is 73.8 Å². The van der Waals surface area contributed by atoms with Crippen molar-refractivity contribution >= 4 is 35.5 Å². The molecule has 5 rings (SSSR count). The highest BCUT2D eigenvalue weighted by Crippen LogP contribution is 2.42. The minimum absolute atomic E-state index is 0.0851. The van der Waals surface area contributed by atoms with Crippen LogP contribution < -0.4 is 16.0 Å². The molecule has 0 radical (unpaired) electrons. The fourth-order valence-electron chi connectivity index (χ4n) is 6.70. The van der Waals surface area contributed by atoms with Crippen molar-refractivity contribution in [2.45, 2.75) is 83.3 Å². The van der Waals surface area contributed by atoms with Crippen LogP contribution >= 0.6 is 0 Å². The number of aryl methyl sites for hydroxylation is 1. The van der Waals surface area contributed by atoms with E-state index in [0.717, 1.165) is 22.3 Å². The second-order valence-corrected chi connectivity index (χ2v) is 15.6. The Labute approximate surface area is 342 Å². The fourth-order valence-corrected chi connectivity index (χ4v) is 6.70. The van der Waals surface area contributed by atoms with E-state index in [9.17, 15) is 41.5 Å². The number of amides is 3. The average molecular weight is 839 g/mol. The van der Waals surface area contributed by atoms with Crippen molar-refractivity contribution in [2.75, 3.05) is 19.0 Å². The largest absolute Gasteiger partial charge is 0.477 e. The lowest BCUT2D eigenvalue weighted by Gasteiger charge is -2.29. The zero-order valence-corrected chi connectivity index (χ0v) is 33.5. The zero-order chi connectivity index (χ0) is 44.0. The molecular formula is C42H46F4N6O8. The number of alkyl halides is 4. The number of aliphatic carboxylic acids is 1. The van der Waals surface area contributed by atoms with Crippen LogP contribution in [0.25, 0.3) is 22.5 Å². The van der Waals surface area contributed by atoms with Gasteiger partial charge in [0.2, 0.25) is 17.6 Å². The number of benzene rings is 3. The van der Waals surface area contributed by atoms with Crippen LogP contribution in [-0.4, -0.2) is 81.4 Å². The number of ether oxygens (including phenoxy) is 2. The van der Waals surface area contributed by atoms with Crippen LogP contribution in [0.3, 0.4) is 0 Å². The van der Waals surface area contributed by atoms with E-state index < -0.39 is 59.1 Å². The number of hydrogen-bond acceptors (Lipinski definition) is 9. The van der Waals surface area contributed by atoms with E-state index in [1.807, 2.05) is 37.3 Å². The number of aromatic nitrogens is 3. The highest BCUT2D eigenvalue weighted by Gasteiger charge is 2.65. The van der Waals surface area contributed by atoms with Crippen LogP contribution in [0.2, 0.25) is 0 Å². The summed E-state index contributed by atoms with van der Waals surface area (Å²) in [5.41, 5.74) is 3.41.